The lowest BCUT2D eigenvalue weighted by Gasteiger charge is -2.10. The smallest absolute Gasteiger partial charge is 0.0384 e. The Labute approximate surface area is 80.4 Å². The quantitative estimate of drug-likeness (QED) is 0.602. The Morgan fingerprint density at radius 1 is 0.923 bits per heavy atom. The van der Waals surface area contributed by atoms with E-state index in [2.05, 4.69) is 6.07 Å². The van der Waals surface area contributed by atoms with Crippen LogP contribution >= 0.6 is 0 Å². The molecule has 0 unspecified atom stereocenters. The second kappa shape index (κ2) is 2.50. The van der Waals surface area contributed by atoms with E-state index in [9.17, 15) is 0 Å². The molecule has 0 radical (unpaired) electrons. The van der Waals surface area contributed by atoms with E-state index in [1.165, 1.54) is 60.8 Å². The molecular formula is C12H17N. The first-order valence-corrected chi connectivity index (χ1v) is 5.28. The molecule has 3 rings (SSSR count). The van der Waals surface area contributed by atoms with E-state index in [1.54, 1.807) is 0 Å². The Bertz CT molecular complexity index is 339. The molecular weight excluding hydrogens is 158 g/mol. The monoisotopic (exact) mass is 175 g/mol. The zero-order valence-corrected chi connectivity index (χ0v) is 7.90. The van der Waals surface area contributed by atoms with Gasteiger partial charge in [-0.25, -0.2) is 0 Å². The maximum absolute atomic E-state index is 6.19. The molecule has 0 aromatic heterocycles. The number of rotatable bonds is 0. The molecule has 0 saturated carbocycles. The van der Waals surface area contributed by atoms with Crippen molar-refractivity contribution in [2.24, 2.45) is 0 Å². The van der Waals surface area contributed by atoms with E-state index in [-0.39, 0.29) is 1.43 Å². The van der Waals surface area contributed by atoms with Crippen molar-refractivity contribution >= 4 is 5.69 Å². The Hall–Kier alpha value is -0.980. The van der Waals surface area contributed by atoms with E-state index < -0.39 is 0 Å². The van der Waals surface area contributed by atoms with Crippen LogP contribution in [0.5, 0.6) is 0 Å². The molecule has 2 N–H and O–H groups in total. The third kappa shape index (κ3) is 0.932. The molecule has 1 heteroatoms. The third-order valence-electron chi connectivity index (χ3n) is 3.52. The van der Waals surface area contributed by atoms with Gasteiger partial charge in [0, 0.05) is 7.11 Å². The van der Waals surface area contributed by atoms with E-state index in [0.29, 0.717) is 0 Å². The van der Waals surface area contributed by atoms with Gasteiger partial charge in [0.15, 0.2) is 0 Å². The van der Waals surface area contributed by atoms with Crippen molar-refractivity contribution in [3.8, 4) is 0 Å². The number of nitrogens with two attached hydrogens (primary N) is 1. The molecule has 0 amide bonds. The van der Waals surface area contributed by atoms with Crippen LogP contribution in [0.1, 0.15) is 36.5 Å². The standard InChI is InChI=1S/C12H15N.H2/c13-12-10-5-1-3-8(10)7-9-4-2-6-11(9)12;/h7H,1-6,13H2;1H. The molecule has 0 bridgehead atoms. The van der Waals surface area contributed by atoms with Crippen molar-refractivity contribution in [2.75, 3.05) is 5.73 Å². The molecule has 0 spiro atoms. The van der Waals surface area contributed by atoms with Gasteiger partial charge in [0.2, 0.25) is 0 Å². The van der Waals surface area contributed by atoms with E-state index in [4.69, 9.17) is 5.73 Å². The number of hydrogen-bond acceptors (Lipinski definition) is 1. The molecule has 0 fully saturated rings. The van der Waals surface area contributed by atoms with Crippen LogP contribution in [0.3, 0.4) is 0 Å². The van der Waals surface area contributed by atoms with Crippen LogP contribution in [0.4, 0.5) is 5.69 Å². The summed E-state index contributed by atoms with van der Waals surface area (Å²) in [6, 6.07) is 2.42. The van der Waals surface area contributed by atoms with Crippen molar-refractivity contribution in [3.05, 3.63) is 28.3 Å². The Balaban J connectivity index is 0.000000750. The van der Waals surface area contributed by atoms with Crippen molar-refractivity contribution < 1.29 is 1.43 Å². The SMILES string of the molecule is Nc1c2c(cc3c1CCC3)CCC2.[HH]. The highest BCUT2D eigenvalue weighted by Crippen LogP contribution is 2.36. The number of fused-ring (bicyclic) bond motifs is 2. The third-order valence-corrected chi connectivity index (χ3v) is 3.52. The van der Waals surface area contributed by atoms with E-state index in [0.717, 1.165) is 5.69 Å². The number of nitrogen functional groups attached to an aromatic ring is 1. The molecule has 0 aliphatic heterocycles. The molecule has 1 nitrogen and oxygen atoms in total. The first kappa shape index (κ1) is 7.43. The van der Waals surface area contributed by atoms with Crippen LogP contribution in [0.25, 0.3) is 0 Å². The van der Waals surface area contributed by atoms with Gasteiger partial charge in [-0.3, -0.25) is 0 Å². The molecule has 0 atom stereocenters. The molecule has 0 heterocycles. The minimum Gasteiger partial charge on any atom is -0.398 e. The number of aryl methyl sites for hydroxylation is 2. The lowest BCUT2D eigenvalue weighted by atomic mass is 9.99. The summed E-state index contributed by atoms with van der Waals surface area (Å²) in [6.07, 6.45) is 7.56. The fourth-order valence-corrected chi connectivity index (χ4v) is 2.86. The highest BCUT2D eigenvalue weighted by molar-refractivity contribution is 5.63. The summed E-state index contributed by atoms with van der Waals surface area (Å²) in [6.45, 7) is 0. The van der Waals surface area contributed by atoms with Crippen LogP contribution in [-0.2, 0) is 25.7 Å². The van der Waals surface area contributed by atoms with Crippen molar-refractivity contribution in [1.29, 1.82) is 0 Å². The van der Waals surface area contributed by atoms with Crippen molar-refractivity contribution in [3.63, 3.8) is 0 Å². The average Bonchev–Trinajstić information content (AvgIpc) is 2.71. The number of hydrogen-bond donors (Lipinski definition) is 1. The largest absolute Gasteiger partial charge is 0.398 e. The second-order valence-corrected chi connectivity index (χ2v) is 4.27. The Kier molecular flexibility index (Phi) is 1.43. The summed E-state index contributed by atoms with van der Waals surface area (Å²) in [5.41, 5.74) is 13.4. The molecule has 2 aliphatic rings. The second-order valence-electron chi connectivity index (χ2n) is 4.27. The fraction of sp³-hybridized carbons (Fsp3) is 0.500. The highest BCUT2D eigenvalue weighted by Gasteiger charge is 2.21. The molecule has 70 valence electrons. The van der Waals surface area contributed by atoms with Gasteiger partial charge in [-0.05, 0) is 60.8 Å². The number of benzene rings is 1. The Morgan fingerprint density at radius 3 is 2.00 bits per heavy atom. The lowest BCUT2D eigenvalue weighted by molar-refractivity contribution is 0.898. The highest BCUT2D eigenvalue weighted by atomic mass is 14.6. The summed E-state index contributed by atoms with van der Waals surface area (Å²) in [5.74, 6) is 0. The van der Waals surface area contributed by atoms with Crippen molar-refractivity contribution in [1.82, 2.24) is 0 Å². The van der Waals surface area contributed by atoms with E-state index in [1.807, 2.05) is 0 Å². The van der Waals surface area contributed by atoms with Gasteiger partial charge in [0.05, 0.1) is 0 Å². The maximum Gasteiger partial charge on any atom is 0.0384 e. The molecule has 1 aromatic rings. The van der Waals surface area contributed by atoms with Gasteiger partial charge in [-0.1, -0.05) is 6.07 Å². The topological polar surface area (TPSA) is 26.0 Å². The predicted molar refractivity (Wildman–Crippen MR) is 57.0 cm³/mol. The van der Waals surface area contributed by atoms with Crippen LogP contribution < -0.4 is 5.73 Å². The minimum absolute atomic E-state index is 0. The first-order valence-electron chi connectivity index (χ1n) is 5.28. The first-order chi connectivity index (χ1) is 6.36. The van der Waals surface area contributed by atoms with Gasteiger partial charge in [-0.15, -0.1) is 0 Å². The molecule has 1 aromatic carbocycles. The van der Waals surface area contributed by atoms with E-state index >= 15 is 0 Å². The summed E-state index contributed by atoms with van der Waals surface area (Å²) < 4.78 is 0. The summed E-state index contributed by atoms with van der Waals surface area (Å²) in [4.78, 5) is 0. The van der Waals surface area contributed by atoms with Crippen LogP contribution in [0.15, 0.2) is 6.07 Å². The fourth-order valence-electron chi connectivity index (χ4n) is 2.86. The maximum atomic E-state index is 6.19. The summed E-state index contributed by atoms with van der Waals surface area (Å²) in [5, 5.41) is 0. The Morgan fingerprint density at radius 2 is 1.46 bits per heavy atom. The minimum atomic E-state index is 0. The van der Waals surface area contributed by atoms with Crippen molar-refractivity contribution in [2.45, 2.75) is 38.5 Å². The van der Waals surface area contributed by atoms with Gasteiger partial charge >= 0.3 is 0 Å². The van der Waals surface area contributed by atoms with Gasteiger partial charge in [0.25, 0.3) is 0 Å². The summed E-state index contributed by atoms with van der Waals surface area (Å²) in [7, 11) is 0. The normalized spacial score (nSPS) is 18.8. The average molecular weight is 175 g/mol. The molecule has 2 aliphatic carbocycles. The van der Waals surface area contributed by atoms with Gasteiger partial charge in [-0.2, -0.15) is 0 Å². The lowest BCUT2D eigenvalue weighted by Crippen LogP contribution is -1.99. The molecule has 13 heavy (non-hydrogen) atoms. The summed E-state index contributed by atoms with van der Waals surface area (Å²) >= 11 is 0. The van der Waals surface area contributed by atoms with Gasteiger partial charge < -0.3 is 5.73 Å². The van der Waals surface area contributed by atoms with Crippen LogP contribution in [0, 0.1) is 0 Å². The zero-order valence-electron chi connectivity index (χ0n) is 7.90. The zero-order chi connectivity index (χ0) is 8.84. The van der Waals surface area contributed by atoms with Gasteiger partial charge in [0.1, 0.15) is 0 Å². The number of anilines is 1. The molecule has 0 saturated heterocycles. The predicted octanol–water partition coefficient (Wildman–Crippen LogP) is 2.49. The van der Waals surface area contributed by atoms with Crippen LogP contribution in [-0.4, -0.2) is 0 Å². The van der Waals surface area contributed by atoms with Crippen LogP contribution in [0.2, 0.25) is 0 Å².